The van der Waals surface area contributed by atoms with Crippen molar-refractivity contribution < 1.29 is 8.42 Å². The van der Waals surface area contributed by atoms with Crippen LogP contribution >= 0.6 is 11.6 Å². The van der Waals surface area contributed by atoms with Gasteiger partial charge in [-0.15, -0.1) is 0 Å². The van der Waals surface area contributed by atoms with Crippen molar-refractivity contribution in [2.75, 3.05) is 28.3 Å². The molecule has 0 amide bonds. The van der Waals surface area contributed by atoms with E-state index in [4.69, 9.17) is 11.6 Å². The smallest absolute Gasteiger partial charge is 0.229 e. The predicted molar refractivity (Wildman–Crippen MR) is 102 cm³/mol. The molecule has 1 aromatic heterocycles. The minimum atomic E-state index is -2.94. The van der Waals surface area contributed by atoms with Crippen molar-refractivity contribution in [1.29, 1.82) is 0 Å². The van der Waals surface area contributed by atoms with Crippen molar-refractivity contribution in [2.24, 2.45) is 0 Å². The largest absolute Gasteiger partial charge is 0.353 e. The van der Waals surface area contributed by atoms with Crippen LogP contribution in [-0.4, -0.2) is 42.5 Å². The molecule has 1 aliphatic heterocycles. The van der Waals surface area contributed by atoms with E-state index >= 15 is 0 Å². The first-order valence-electron chi connectivity index (χ1n) is 8.21. The summed E-state index contributed by atoms with van der Waals surface area (Å²) in [6, 6.07) is 7.34. The van der Waals surface area contributed by atoms with Crippen LogP contribution in [0.2, 0.25) is 5.02 Å². The number of anilines is 3. The first-order chi connectivity index (χ1) is 11.9. The maximum atomic E-state index is 11.8. The summed E-state index contributed by atoms with van der Waals surface area (Å²) in [5.41, 5.74) is 1.88. The second kappa shape index (κ2) is 7.17. The van der Waals surface area contributed by atoms with Crippen molar-refractivity contribution in [3.63, 3.8) is 0 Å². The Labute approximate surface area is 153 Å². The zero-order chi connectivity index (χ0) is 18.0. The number of halogens is 1. The van der Waals surface area contributed by atoms with Crippen LogP contribution in [0.4, 0.5) is 17.5 Å². The van der Waals surface area contributed by atoms with Crippen LogP contribution in [0.3, 0.4) is 0 Å². The lowest BCUT2D eigenvalue weighted by atomic mass is 10.2. The van der Waals surface area contributed by atoms with Crippen LogP contribution in [0, 0.1) is 6.92 Å². The van der Waals surface area contributed by atoms with E-state index in [2.05, 4.69) is 15.3 Å². The predicted octanol–water partition coefficient (Wildman–Crippen LogP) is 3.20. The standard InChI is InChI=1S/C17H21ClN4O2S/c1-3-22(14-7-9-25(23,24)11-14)16-6-8-19-17(21-16)20-15-5-4-13(18)10-12(15)2/h4-6,8,10,14H,3,7,9,11H2,1-2H3,(H,19,20,21). The van der Waals surface area contributed by atoms with Gasteiger partial charge < -0.3 is 10.2 Å². The highest BCUT2D eigenvalue weighted by Crippen LogP contribution is 2.25. The number of benzene rings is 1. The van der Waals surface area contributed by atoms with Crippen LogP contribution in [0.15, 0.2) is 30.5 Å². The summed E-state index contributed by atoms with van der Waals surface area (Å²) in [5.74, 6) is 1.63. The van der Waals surface area contributed by atoms with Crippen molar-refractivity contribution in [3.8, 4) is 0 Å². The Hall–Kier alpha value is -1.86. The Morgan fingerprint density at radius 2 is 2.16 bits per heavy atom. The summed E-state index contributed by atoms with van der Waals surface area (Å²) in [6.45, 7) is 4.65. The lowest BCUT2D eigenvalue weighted by molar-refractivity contribution is 0.599. The molecule has 2 heterocycles. The summed E-state index contributed by atoms with van der Waals surface area (Å²) in [7, 11) is -2.94. The van der Waals surface area contributed by atoms with Gasteiger partial charge in [0.1, 0.15) is 5.82 Å². The highest BCUT2D eigenvalue weighted by molar-refractivity contribution is 7.91. The monoisotopic (exact) mass is 380 g/mol. The molecule has 25 heavy (non-hydrogen) atoms. The van der Waals surface area contributed by atoms with E-state index in [1.54, 1.807) is 6.20 Å². The van der Waals surface area contributed by atoms with E-state index in [9.17, 15) is 8.42 Å². The third-order valence-corrected chi connectivity index (χ3v) is 6.35. The summed E-state index contributed by atoms with van der Waals surface area (Å²) in [4.78, 5) is 10.9. The van der Waals surface area contributed by atoms with Gasteiger partial charge in [0.15, 0.2) is 9.84 Å². The average molecular weight is 381 g/mol. The maximum Gasteiger partial charge on any atom is 0.229 e. The molecule has 0 bridgehead atoms. The summed E-state index contributed by atoms with van der Waals surface area (Å²) in [5, 5.41) is 3.88. The van der Waals surface area contributed by atoms with Crippen molar-refractivity contribution >= 4 is 38.9 Å². The number of rotatable bonds is 5. The maximum absolute atomic E-state index is 11.8. The second-order valence-electron chi connectivity index (χ2n) is 6.17. The molecular weight excluding hydrogens is 360 g/mol. The van der Waals surface area contributed by atoms with E-state index in [0.717, 1.165) is 17.1 Å². The normalized spacial score (nSPS) is 18.9. The van der Waals surface area contributed by atoms with Gasteiger partial charge in [0.25, 0.3) is 0 Å². The number of nitrogens with one attached hydrogen (secondary N) is 1. The molecule has 0 aliphatic carbocycles. The summed E-state index contributed by atoms with van der Waals surface area (Å²) < 4.78 is 23.6. The zero-order valence-corrected chi connectivity index (χ0v) is 15.8. The van der Waals surface area contributed by atoms with Crippen LogP contribution in [-0.2, 0) is 9.84 Å². The molecule has 2 aromatic rings. The van der Waals surface area contributed by atoms with Gasteiger partial charge in [0, 0.05) is 29.5 Å². The quantitative estimate of drug-likeness (QED) is 0.858. The Kier molecular flexibility index (Phi) is 5.15. The molecule has 1 saturated heterocycles. The van der Waals surface area contributed by atoms with Crippen molar-refractivity contribution in [1.82, 2.24) is 9.97 Å². The molecule has 0 radical (unpaired) electrons. The van der Waals surface area contributed by atoms with Crippen LogP contribution in [0.5, 0.6) is 0 Å². The van der Waals surface area contributed by atoms with E-state index < -0.39 is 9.84 Å². The number of hydrogen-bond acceptors (Lipinski definition) is 6. The third-order valence-electron chi connectivity index (χ3n) is 4.36. The number of hydrogen-bond donors (Lipinski definition) is 1. The Balaban J connectivity index is 1.82. The number of nitrogens with zero attached hydrogens (tertiary/aromatic N) is 3. The summed E-state index contributed by atoms with van der Waals surface area (Å²) >= 11 is 5.99. The van der Waals surface area contributed by atoms with Gasteiger partial charge in [-0.25, -0.2) is 13.4 Å². The van der Waals surface area contributed by atoms with E-state index in [1.807, 2.05) is 43.0 Å². The molecule has 6 nitrogen and oxygen atoms in total. The molecule has 1 atom stereocenters. The molecule has 1 aromatic carbocycles. The SMILES string of the molecule is CCN(c1ccnc(Nc2ccc(Cl)cc2C)n1)C1CCS(=O)(=O)C1. The first-order valence-corrected chi connectivity index (χ1v) is 10.4. The molecule has 0 spiro atoms. The summed E-state index contributed by atoms with van der Waals surface area (Å²) in [6.07, 6.45) is 2.32. The molecule has 134 valence electrons. The van der Waals surface area contributed by atoms with Gasteiger partial charge >= 0.3 is 0 Å². The molecular formula is C17H21ClN4O2S. The van der Waals surface area contributed by atoms with E-state index in [1.165, 1.54) is 0 Å². The van der Waals surface area contributed by atoms with Gasteiger partial charge in [0.05, 0.1) is 11.5 Å². The number of sulfone groups is 1. The lowest BCUT2D eigenvalue weighted by Crippen LogP contribution is -2.36. The van der Waals surface area contributed by atoms with Gasteiger partial charge in [-0.1, -0.05) is 11.6 Å². The minimum Gasteiger partial charge on any atom is -0.353 e. The van der Waals surface area contributed by atoms with Gasteiger partial charge in [-0.2, -0.15) is 4.98 Å². The molecule has 1 aliphatic rings. The molecule has 1 unspecified atom stereocenters. The number of aryl methyl sites for hydroxylation is 1. The second-order valence-corrected chi connectivity index (χ2v) is 8.83. The van der Waals surface area contributed by atoms with Crippen molar-refractivity contribution in [3.05, 3.63) is 41.0 Å². The molecule has 8 heteroatoms. The lowest BCUT2D eigenvalue weighted by Gasteiger charge is -2.28. The van der Waals surface area contributed by atoms with Gasteiger partial charge in [-0.05, 0) is 50.1 Å². The fraction of sp³-hybridized carbons (Fsp3) is 0.412. The van der Waals surface area contributed by atoms with E-state index in [-0.39, 0.29) is 17.5 Å². The molecule has 3 rings (SSSR count). The Bertz CT molecular complexity index is 873. The minimum absolute atomic E-state index is 0.0324. The Morgan fingerprint density at radius 1 is 1.36 bits per heavy atom. The van der Waals surface area contributed by atoms with Crippen LogP contribution in [0.25, 0.3) is 0 Å². The highest BCUT2D eigenvalue weighted by atomic mass is 35.5. The third kappa shape index (κ3) is 4.22. The zero-order valence-electron chi connectivity index (χ0n) is 14.2. The van der Waals surface area contributed by atoms with Crippen LogP contribution < -0.4 is 10.2 Å². The molecule has 1 N–H and O–H groups in total. The molecule has 1 fully saturated rings. The van der Waals surface area contributed by atoms with Crippen LogP contribution in [0.1, 0.15) is 18.9 Å². The molecule has 0 saturated carbocycles. The van der Waals surface area contributed by atoms with Gasteiger partial charge in [0.2, 0.25) is 5.95 Å². The topological polar surface area (TPSA) is 75.2 Å². The fourth-order valence-electron chi connectivity index (χ4n) is 3.09. The first kappa shape index (κ1) is 17.9. The van der Waals surface area contributed by atoms with Crippen molar-refractivity contribution in [2.45, 2.75) is 26.3 Å². The fourth-order valence-corrected chi connectivity index (χ4v) is 5.04. The average Bonchev–Trinajstić information content (AvgIpc) is 2.91. The Morgan fingerprint density at radius 3 is 2.80 bits per heavy atom. The highest BCUT2D eigenvalue weighted by Gasteiger charge is 2.32. The van der Waals surface area contributed by atoms with E-state index in [0.29, 0.717) is 23.9 Å². The van der Waals surface area contributed by atoms with Gasteiger partial charge in [-0.3, -0.25) is 0 Å². The number of aromatic nitrogens is 2.